The van der Waals surface area contributed by atoms with Gasteiger partial charge in [-0.3, -0.25) is 4.79 Å². The summed E-state index contributed by atoms with van der Waals surface area (Å²) in [7, 11) is 0. The molecule has 2 atom stereocenters. The van der Waals surface area contributed by atoms with Gasteiger partial charge in [-0.05, 0) is 31.7 Å². The molecule has 1 aromatic heterocycles. The molecule has 2 fully saturated rings. The van der Waals surface area contributed by atoms with E-state index in [1.165, 1.54) is 19.3 Å². The Morgan fingerprint density at radius 3 is 2.70 bits per heavy atom. The maximum atomic E-state index is 12.8. The topological polar surface area (TPSA) is 42.2 Å². The van der Waals surface area contributed by atoms with E-state index in [1.54, 1.807) is 6.26 Å². The highest BCUT2D eigenvalue weighted by atomic mass is 16.3. The smallest absolute Gasteiger partial charge is 0.169 e. The van der Waals surface area contributed by atoms with Gasteiger partial charge in [0, 0.05) is 23.4 Å². The van der Waals surface area contributed by atoms with Crippen molar-refractivity contribution in [1.29, 1.82) is 0 Å². The number of hydrogen-bond donors (Lipinski definition) is 1. The van der Waals surface area contributed by atoms with Crippen LogP contribution in [0.3, 0.4) is 0 Å². The van der Waals surface area contributed by atoms with Crippen LogP contribution in [-0.4, -0.2) is 17.9 Å². The van der Waals surface area contributed by atoms with Gasteiger partial charge in [-0.15, -0.1) is 0 Å². The molecule has 0 amide bonds. The Bertz CT molecular complexity index is 633. The van der Waals surface area contributed by atoms with Gasteiger partial charge in [0.1, 0.15) is 11.8 Å². The summed E-state index contributed by atoms with van der Waals surface area (Å²) in [4.78, 5) is 12.8. The number of carbonyl (C=O) groups is 1. The summed E-state index contributed by atoms with van der Waals surface area (Å²) in [6.07, 6.45) is 7.34. The number of rotatable bonds is 2. The lowest BCUT2D eigenvalue weighted by Gasteiger charge is -2.39. The molecule has 20 heavy (non-hydrogen) atoms. The van der Waals surface area contributed by atoms with Crippen molar-refractivity contribution in [2.75, 3.05) is 0 Å². The zero-order valence-corrected chi connectivity index (χ0v) is 11.5. The summed E-state index contributed by atoms with van der Waals surface area (Å²) < 4.78 is 5.52. The second kappa shape index (κ2) is 4.74. The highest BCUT2D eigenvalue weighted by molar-refractivity contribution is 6.08. The molecule has 0 radical (unpaired) electrons. The fourth-order valence-corrected chi connectivity index (χ4v) is 3.87. The first-order chi connectivity index (χ1) is 9.81. The lowest BCUT2D eigenvalue weighted by Crippen LogP contribution is -2.50. The fourth-order valence-electron chi connectivity index (χ4n) is 3.87. The fraction of sp³-hybridized carbons (Fsp3) is 0.471. The summed E-state index contributed by atoms with van der Waals surface area (Å²) in [5.41, 5.74) is 1.58. The van der Waals surface area contributed by atoms with E-state index in [0.717, 1.165) is 29.4 Å². The van der Waals surface area contributed by atoms with Crippen LogP contribution >= 0.6 is 0 Å². The molecule has 2 aliphatic rings. The average Bonchev–Trinajstić information content (AvgIpc) is 2.90. The van der Waals surface area contributed by atoms with E-state index in [0.29, 0.717) is 12.1 Å². The lowest BCUT2D eigenvalue weighted by atomic mass is 9.77. The normalized spacial score (nSPS) is 29.5. The Balaban J connectivity index is 1.63. The zero-order chi connectivity index (χ0) is 13.5. The first-order valence-corrected chi connectivity index (χ1v) is 7.58. The van der Waals surface area contributed by atoms with Gasteiger partial charge in [-0.2, -0.15) is 0 Å². The second-order valence-electron chi connectivity index (χ2n) is 6.17. The van der Waals surface area contributed by atoms with Crippen LogP contribution in [0, 0.1) is 5.92 Å². The minimum atomic E-state index is 0.160. The summed E-state index contributed by atoms with van der Waals surface area (Å²) in [5.74, 6) is 0.431. The van der Waals surface area contributed by atoms with Crippen molar-refractivity contribution in [2.24, 2.45) is 5.92 Å². The molecule has 2 saturated heterocycles. The van der Waals surface area contributed by atoms with Gasteiger partial charge in [0.2, 0.25) is 0 Å². The highest BCUT2D eigenvalue weighted by Crippen LogP contribution is 2.33. The van der Waals surface area contributed by atoms with Gasteiger partial charge >= 0.3 is 0 Å². The predicted molar refractivity (Wildman–Crippen MR) is 77.8 cm³/mol. The second-order valence-corrected chi connectivity index (χ2v) is 6.17. The van der Waals surface area contributed by atoms with E-state index < -0.39 is 0 Å². The van der Waals surface area contributed by atoms with Crippen molar-refractivity contribution >= 4 is 16.8 Å². The number of ketones is 1. The largest absolute Gasteiger partial charge is 0.464 e. The standard InChI is InChI=1S/C17H19NO2/c19-17(11-8-12-4-3-5-13(9-11)18-12)15-10-20-16-7-2-1-6-14(15)16/h1-2,6-7,10-13,18H,3-5,8-9H2. The molecule has 0 saturated carbocycles. The first-order valence-electron chi connectivity index (χ1n) is 7.58. The molecule has 0 spiro atoms. The Kier molecular flexibility index (Phi) is 2.88. The number of nitrogens with one attached hydrogen (secondary N) is 1. The minimum absolute atomic E-state index is 0.160. The van der Waals surface area contributed by atoms with Crippen molar-refractivity contribution in [3.8, 4) is 0 Å². The van der Waals surface area contributed by atoms with Crippen LogP contribution < -0.4 is 5.32 Å². The SMILES string of the molecule is O=C(c1coc2ccccc12)C1CC2CCCC(C1)N2. The molecular weight excluding hydrogens is 250 g/mol. The zero-order valence-electron chi connectivity index (χ0n) is 11.5. The van der Waals surface area contributed by atoms with E-state index >= 15 is 0 Å². The Labute approximate surface area is 118 Å². The van der Waals surface area contributed by atoms with E-state index in [1.807, 2.05) is 24.3 Å². The van der Waals surface area contributed by atoms with Crippen molar-refractivity contribution in [2.45, 2.75) is 44.2 Å². The molecule has 3 heteroatoms. The summed E-state index contributed by atoms with van der Waals surface area (Å²) in [6, 6.07) is 8.88. The van der Waals surface area contributed by atoms with Crippen molar-refractivity contribution in [3.05, 3.63) is 36.1 Å². The van der Waals surface area contributed by atoms with Gasteiger partial charge in [-0.1, -0.05) is 24.6 Å². The Hall–Kier alpha value is -1.61. The van der Waals surface area contributed by atoms with Gasteiger partial charge in [0.15, 0.2) is 5.78 Å². The van der Waals surface area contributed by atoms with Crippen molar-refractivity contribution in [1.82, 2.24) is 5.32 Å². The van der Waals surface area contributed by atoms with E-state index in [2.05, 4.69) is 5.32 Å². The predicted octanol–water partition coefficient (Wildman–Crippen LogP) is 3.54. The molecule has 1 N–H and O–H groups in total. The van der Waals surface area contributed by atoms with Crippen LogP contribution in [0.1, 0.15) is 42.5 Å². The molecule has 104 valence electrons. The van der Waals surface area contributed by atoms with Crippen LogP contribution in [0.15, 0.2) is 34.9 Å². The number of piperidine rings is 2. The quantitative estimate of drug-likeness (QED) is 0.848. The molecule has 3 nitrogen and oxygen atoms in total. The van der Waals surface area contributed by atoms with Gasteiger partial charge in [0.25, 0.3) is 0 Å². The number of Topliss-reactive ketones (excluding diaryl/α,β-unsaturated/α-hetero) is 1. The monoisotopic (exact) mass is 269 g/mol. The third-order valence-corrected chi connectivity index (χ3v) is 4.83. The maximum Gasteiger partial charge on any atom is 0.169 e. The molecule has 2 aliphatic heterocycles. The maximum absolute atomic E-state index is 12.8. The molecular formula is C17H19NO2. The van der Waals surface area contributed by atoms with Crippen LogP contribution in [0.25, 0.3) is 11.0 Å². The van der Waals surface area contributed by atoms with Gasteiger partial charge in [0.05, 0.1) is 5.56 Å². The van der Waals surface area contributed by atoms with Crippen LogP contribution in [0.5, 0.6) is 0 Å². The van der Waals surface area contributed by atoms with Crippen molar-refractivity contribution in [3.63, 3.8) is 0 Å². The average molecular weight is 269 g/mol. The van der Waals surface area contributed by atoms with Gasteiger partial charge in [-0.25, -0.2) is 0 Å². The number of carbonyl (C=O) groups excluding carboxylic acids is 1. The van der Waals surface area contributed by atoms with Crippen molar-refractivity contribution < 1.29 is 9.21 Å². The van der Waals surface area contributed by atoms with Crippen LogP contribution in [0.4, 0.5) is 0 Å². The Morgan fingerprint density at radius 2 is 1.90 bits per heavy atom. The summed E-state index contributed by atoms with van der Waals surface area (Å²) in [6.45, 7) is 0. The number of furan rings is 1. The molecule has 3 heterocycles. The number of benzene rings is 1. The van der Waals surface area contributed by atoms with E-state index in [-0.39, 0.29) is 11.7 Å². The first kappa shape index (κ1) is 12.2. The van der Waals surface area contributed by atoms with Crippen LogP contribution in [-0.2, 0) is 0 Å². The minimum Gasteiger partial charge on any atom is -0.464 e. The third kappa shape index (κ3) is 1.97. The number of fused-ring (bicyclic) bond motifs is 3. The highest BCUT2D eigenvalue weighted by Gasteiger charge is 2.35. The molecule has 2 aromatic rings. The number of para-hydroxylation sites is 1. The van der Waals surface area contributed by atoms with E-state index in [4.69, 9.17) is 4.42 Å². The van der Waals surface area contributed by atoms with Crippen LogP contribution in [0.2, 0.25) is 0 Å². The summed E-state index contributed by atoms with van der Waals surface area (Å²) >= 11 is 0. The third-order valence-electron chi connectivity index (χ3n) is 4.83. The van der Waals surface area contributed by atoms with Gasteiger partial charge < -0.3 is 9.73 Å². The Morgan fingerprint density at radius 1 is 1.15 bits per heavy atom. The van der Waals surface area contributed by atoms with E-state index in [9.17, 15) is 4.79 Å². The molecule has 4 rings (SSSR count). The molecule has 2 bridgehead atoms. The molecule has 2 unspecified atom stereocenters. The molecule has 1 aromatic carbocycles. The number of hydrogen-bond acceptors (Lipinski definition) is 3. The molecule has 0 aliphatic carbocycles. The summed E-state index contributed by atoms with van der Waals surface area (Å²) in [5, 5.41) is 4.60. The lowest BCUT2D eigenvalue weighted by molar-refractivity contribution is 0.0826.